The molecule has 0 amide bonds. The molecule has 0 saturated carbocycles. The van der Waals surface area contributed by atoms with Gasteiger partial charge in [-0.1, -0.05) is 17.7 Å². The summed E-state index contributed by atoms with van der Waals surface area (Å²) in [6, 6.07) is 10.7. The van der Waals surface area contributed by atoms with Gasteiger partial charge < -0.3 is 10.6 Å². The Morgan fingerprint density at radius 3 is 2.48 bits per heavy atom. The average molecular weight is 308 g/mol. The van der Waals surface area contributed by atoms with Crippen LogP contribution in [0.3, 0.4) is 0 Å². The average Bonchev–Trinajstić information content (AvgIpc) is 2.85. The molecule has 0 fully saturated rings. The number of guanidine groups is 1. The fourth-order valence-electron chi connectivity index (χ4n) is 2.39. The number of hydrogen-bond donors (Lipinski definition) is 1. The molecular formula is C15H12ClF2N3. The molecule has 1 aliphatic heterocycles. The maximum atomic E-state index is 13.4. The van der Waals surface area contributed by atoms with E-state index in [1.165, 1.54) is 6.07 Å². The standard InChI is InChI=1S/C15H12ClF2N3/c16-10-2-4-11(5-3-10)21-14(8-20-15(21)19)9-1-6-12(17)13(18)7-9/h1-7,14H,8H2,(H2,19,20). The molecule has 1 heterocycles. The third-order valence-corrected chi connectivity index (χ3v) is 3.67. The molecule has 21 heavy (non-hydrogen) atoms. The van der Waals surface area contributed by atoms with E-state index in [9.17, 15) is 8.78 Å². The SMILES string of the molecule is NC1=NCC(c2ccc(F)c(F)c2)N1c1ccc(Cl)cc1. The highest BCUT2D eigenvalue weighted by Gasteiger charge is 2.29. The summed E-state index contributed by atoms with van der Waals surface area (Å²) in [5, 5.41) is 0.609. The van der Waals surface area contributed by atoms with Gasteiger partial charge in [0.25, 0.3) is 0 Å². The molecule has 1 aliphatic rings. The second kappa shape index (κ2) is 5.33. The van der Waals surface area contributed by atoms with Gasteiger partial charge in [-0.2, -0.15) is 0 Å². The Balaban J connectivity index is 1.98. The molecule has 0 radical (unpaired) electrons. The van der Waals surface area contributed by atoms with Gasteiger partial charge in [0.1, 0.15) is 0 Å². The van der Waals surface area contributed by atoms with Gasteiger partial charge in [-0.15, -0.1) is 0 Å². The molecule has 0 bridgehead atoms. The molecule has 0 saturated heterocycles. The lowest BCUT2D eigenvalue weighted by Crippen LogP contribution is -2.36. The second-order valence-electron chi connectivity index (χ2n) is 4.73. The lowest BCUT2D eigenvalue weighted by atomic mass is 10.1. The normalized spacial score (nSPS) is 18.0. The molecule has 6 heteroatoms. The second-order valence-corrected chi connectivity index (χ2v) is 5.17. The largest absolute Gasteiger partial charge is 0.369 e. The Morgan fingerprint density at radius 2 is 1.81 bits per heavy atom. The monoisotopic (exact) mass is 307 g/mol. The zero-order chi connectivity index (χ0) is 15.0. The van der Waals surface area contributed by atoms with Crippen molar-refractivity contribution in [3.8, 4) is 0 Å². The Bertz CT molecular complexity index is 701. The van der Waals surface area contributed by atoms with E-state index in [0.717, 1.165) is 11.8 Å². The van der Waals surface area contributed by atoms with E-state index >= 15 is 0 Å². The number of nitrogens with two attached hydrogens (primary N) is 1. The number of nitrogens with zero attached hydrogens (tertiary/aromatic N) is 2. The quantitative estimate of drug-likeness (QED) is 0.922. The van der Waals surface area contributed by atoms with E-state index in [2.05, 4.69) is 4.99 Å². The Labute approximate surface area is 125 Å². The molecule has 108 valence electrons. The van der Waals surface area contributed by atoms with E-state index in [0.29, 0.717) is 23.1 Å². The number of anilines is 1. The summed E-state index contributed by atoms with van der Waals surface area (Å²) < 4.78 is 26.5. The molecule has 1 unspecified atom stereocenters. The van der Waals surface area contributed by atoms with Crippen LogP contribution in [0.1, 0.15) is 11.6 Å². The van der Waals surface area contributed by atoms with Crippen molar-refractivity contribution >= 4 is 23.2 Å². The van der Waals surface area contributed by atoms with Crippen LogP contribution in [0.5, 0.6) is 0 Å². The van der Waals surface area contributed by atoms with Crippen LogP contribution in [-0.2, 0) is 0 Å². The Morgan fingerprint density at radius 1 is 1.10 bits per heavy atom. The zero-order valence-corrected chi connectivity index (χ0v) is 11.7. The fourth-order valence-corrected chi connectivity index (χ4v) is 2.51. The fraction of sp³-hybridized carbons (Fsp3) is 0.133. The van der Waals surface area contributed by atoms with Gasteiger partial charge in [0.15, 0.2) is 17.6 Å². The topological polar surface area (TPSA) is 41.6 Å². The Hall–Kier alpha value is -2.14. The number of rotatable bonds is 2. The number of halogens is 3. The summed E-state index contributed by atoms with van der Waals surface area (Å²) in [6.45, 7) is 0.388. The minimum atomic E-state index is -0.881. The van der Waals surface area contributed by atoms with Crippen LogP contribution in [-0.4, -0.2) is 12.5 Å². The smallest absolute Gasteiger partial charge is 0.196 e. The summed E-state index contributed by atoms with van der Waals surface area (Å²) in [5.41, 5.74) is 7.34. The first-order chi connectivity index (χ1) is 10.1. The van der Waals surface area contributed by atoms with Crippen LogP contribution >= 0.6 is 11.6 Å². The lowest BCUT2D eigenvalue weighted by molar-refractivity contribution is 0.505. The summed E-state index contributed by atoms with van der Waals surface area (Å²) in [5.74, 6) is -1.41. The number of benzene rings is 2. The first kappa shape index (κ1) is 13.8. The van der Waals surface area contributed by atoms with Crippen molar-refractivity contribution in [2.75, 3.05) is 11.4 Å². The molecule has 0 aliphatic carbocycles. The molecule has 1 atom stereocenters. The third kappa shape index (κ3) is 2.56. The molecule has 3 nitrogen and oxygen atoms in total. The zero-order valence-electron chi connectivity index (χ0n) is 10.9. The van der Waals surface area contributed by atoms with Gasteiger partial charge >= 0.3 is 0 Å². The third-order valence-electron chi connectivity index (χ3n) is 3.42. The predicted molar refractivity (Wildman–Crippen MR) is 79.5 cm³/mol. The van der Waals surface area contributed by atoms with E-state index in [1.807, 2.05) is 12.1 Å². The summed E-state index contributed by atoms with van der Waals surface area (Å²) in [7, 11) is 0. The first-order valence-corrected chi connectivity index (χ1v) is 6.74. The summed E-state index contributed by atoms with van der Waals surface area (Å²) in [6.07, 6.45) is 0. The van der Waals surface area contributed by atoms with Crippen LogP contribution in [0.25, 0.3) is 0 Å². The van der Waals surface area contributed by atoms with Crippen molar-refractivity contribution in [2.45, 2.75) is 6.04 Å². The number of aliphatic imine (C=N–C) groups is 1. The van der Waals surface area contributed by atoms with Gasteiger partial charge in [-0.05, 0) is 42.0 Å². The maximum Gasteiger partial charge on any atom is 0.196 e. The highest BCUT2D eigenvalue weighted by Crippen LogP contribution is 2.32. The lowest BCUT2D eigenvalue weighted by Gasteiger charge is -2.26. The van der Waals surface area contributed by atoms with E-state index in [4.69, 9.17) is 17.3 Å². The van der Waals surface area contributed by atoms with Crippen molar-refractivity contribution in [2.24, 2.45) is 10.7 Å². The van der Waals surface area contributed by atoms with E-state index < -0.39 is 11.6 Å². The van der Waals surface area contributed by atoms with Crippen molar-refractivity contribution in [1.82, 2.24) is 0 Å². The molecule has 2 N–H and O–H groups in total. The van der Waals surface area contributed by atoms with Crippen LogP contribution in [0, 0.1) is 11.6 Å². The van der Waals surface area contributed by atoms with Crippen LogP contribution in [0.15, 0.2) is 47.5 Å². The molecule has 0 spiro atoms. The first-order valence-electron chi connectivity index (χ1n) is 6.36. The molecular weight excluding hydrogens is 296 g/mol. The van der Waals surface area contributed by atoms with Crippen molar-refractivity contribution in [3.05, 3.63) is 64.7 Å². The van der Waals surface area contributed by atoms with Gasteiger partial charge in [0.2, 0.25) is 0 Å². The summed E-state index contributed by atoms with van der Waals surface area (Å²) in [4.78, 5) is 5.98. The summed E-state index contributed by atoms with van der Waals surface area (Å²) >= 11 is 5.88. The minimum Gasteiger partial charge on any atom is -0.369 e. The minimum absolute atomic E-state index is 0.263. The van der Waals surface area contributed by atoms with Crippen molar-refractivity contribution in [1.29, 1.82) is 0 Å². The van der Waals surface area contributed by atoms with Crippen LogP contribution < -0.4 is 10.6 Å². The van der Waals surface area contributed by atoms with Crippen molar-refractivity contribution < 1.29 is 8.78 Å². The van der Waals surface area contributed by atoms with E-state index in [-0.39, 0.29) is 6.04 Å². The van der Waals surface area contributed by atoms with Gasteiger partial charge in [-0.25, -0.2) is 8.78 Å². The molecule has 0 aromatic heterocycles. The Kier molecular flexibility index (Phi) is 3.51. The van der Waals surface area contributed by atoms with E-state index in [1.54, 1.807) is 23.1 Å². The highest BCUT2D eigenvalue weighted by atomic mass is 35.5. The predicted octanol–water partition coefficient (Wildman–Crippen LogP) is 3.49. The van der Waals surface area contributed by atoms with Crippen molar-refractivity contribution in [3.63, 3.8) is 0 Å². The van der Waals surface area contributed by atoms with Gasteiger partial charge in [-0.3, -0.25) is 4.99 Å². The van der Waals surface area contributed by atoms with Crippen LogP contribution in [0.2, 0.25) is 5.02 Å². The number of hydrogen-bond acceptors (Lipinski definition) is 3. The van der Waals surface area contributed by atoms with Gasteiger partial charge in [0, 0.05) is 10.7 Å². The maximum absolute atomic E-state index is 13.4. The van der Waals surface area contributed by atoms with Crippen LogP contribution in [0.4, 0.5) is 14.5 Å². The molecule has 2 aromatic rings. The molecule has 2 aromatic carbocycles. The van der Waals surface area contributed by atoms with Gasteiger partial charge in [0.05, 0.1) is 12.6 Å². The highest BCUT2D eigenvalue weighted by molar-refractivity contribution is 6.30. The molecule has 3 rings (SSSR count).